The molecule has 0 bridgehead atoms. The van der Waals surface area contributed by atoms with E-state index in [9.17, 15) is 19.7 Å². The van der Waals surface area contributed by atoms with Crippen molar-refractivity contribution in [3.63, 3.8) is 0 Å². The molecule has 1 aromatic rings. The molecule has 1 saturated heterocycles. The molecule has 2 rings (SSSR count). The van der Waals surface area contributed by atoms with Crippen LogP contribution in [0, 0.1) is 16.0 Å². The van der Waals surface area contributed by atoms with Crippen LogP contribution in [0.2, 0.25) is 0 Å². The minimum absolute atomic E-state index is 0.00328. The van der Waals surface area contributed by atoms with Crippen molar-refractivity contribution in [1.29, 1.82) is 0 Å². The molecule has 0 unspecified atom stereocenters. The normalized spacial score (nSPS) is 18.6. The van der Waals surface area contributed by atoms with E-state index in [4.69, 9.17) is 5.11 Å². The Hall–Kier alpha value is -2.44. The highest BCUT2D eigenvalue weighted by Crippen LogP contribution is 2.23. The maximum absolute atomic E-state index is 12.3. The van der Waals surface area contributed by atoms with Crippen molar-refractivity contribution >= 4 is 17.6 Å². The molecule has 1 aromatic carbocycles. The third kappa shape index (κ3) is 2.76. The first-order chi connectivity index (χ1) is 9.50. The second-order valence-corrected chi connectivity index (χ2v) is 4.70. The minimum atomic E-state index is -0.940. The third-order valence-corrected chi connectivity index (χ3v) is 3.39. The Labute approximate surface area is 115 Å². The van der Waals surface area contributed by atoms with Gasteiger partial charge >= 0.3 is 5.97 Å². The number of benzene rings is 1. The smallest absolute Gasteiger partial charge is 0.308 e. The molecule has 1 N–H and O–H groups in total. The number of nitrogens with zero attached hydrogens (tertiary/aromatic N) is 2. The van der Waals surface area contributed by atoms with Gasteiger partial charge in [-0.1, -0.05) is 12.1 Å². The lowest BCUT2D eigenvalue weighted by Crippen LogP contribution is -2.42. The zero-order valence-corrected chi connectivity index (χ0v) is 10.7. The van der Waals surface area contributed by atoms with Crippen LogP contribution in [0.3, 0.4) is 0 Å². The maximum Gasteiger partial charge on any atom is 0.308 e. The van der Waals surface area contributed by atoms with Gasteiger partial charge in [-0.2, -0.15) is 0 Å². The van der Waals surface area contributed by atoms with Crippen LogP contribution < -0.4 is 0 Å². The quantitative estimate of drug-likeness (QED) is 0.667. The standard InChI is InChI=1S/C13H14N2O5/c16-12(10-5-1-2-6-11(10)15(19)20)14-7-3-4-9(8-14)13(17)18/h1-2,5-6,9H,3-4,7-8H2,(H,17,18)/t9-/m0/s1. The topological polar surface area (TPSA) is 101 Å². The van der Waals surface area contributed by atoms with Crippen LogP contribution >= 0.6 is 0 Å². The number of carboxylic acid groups (broad SMARTS) is 1. The maximum atomic E-state index is 12.3. The predicted molar refractivity (Wildman–Crippen MR) is 69.4 cm³/mol. The molecule has 1 aliphatic heterocycles. The Morgan fingerprint density at radius 2 is 2.05 bits per heavy atom. The third-order valence-electron chi connectivity index (χ3n) is 3.39. The van der Waals surface area contributed by atoms with Crippen LogP contribution in [0.4, 0.5) is 5.69 Å². The number of nitro groups is 1. The van der Waals surface area contributed by atoms with Gasteiger partial charge in [0.05, 0.1) is 10.8 Å². The fourth-order valence-electron chi connectivity index (χ4n) is 2.35. The molecule has 7 nitrogen and oxygen atoms in total. The van der Waals surface area contributed by atoms with Crippen LogP contribution in [-0.2, 0) is 4.79 Å². The van der Waals surface area contributed by atoms with E-state index < -0.39 is 22.7 Å². The molecule has 1 fully saturated rings. The van der Waals surface area contributed by atoms with E-state index in [-0.39, 0.29) is 17.8 Å². The molecule has 20 heavy (non-hydrogen) atoms. The van der Waals surface area contributed by atoms with E-state index >= 15 is 0 Å². The van der Waals surface area contributed by atoms with Crippen LogP contribution in [0.25, 0.3) is 0 Å². The Morgan fingerprint density at radius 1 is 1.35 bits per heavy atom. The number of likely N-dealkylation sites (tertiary alicyclic amines) is 1. The number of carbonyl (C=O) groups excluding carboxylic acids is 1. The molecule has 106 valence electrons. The molecule has 0 aromatic heterocycles. The molecular weight excluding hydrogens is 264 g/mol. The number of aliphatic carboxylic acids is 1. The second kappa shape index (κ2) is 5.68. The van der Waals surface area contributed by atoms with Crippen LogP contribution in [0.5, 0.6) is 0 Å². The summed E-state index contributed by atoms with van der Waals surface area (Å²) in [5, 5.41) is 19.9. The first-order valence-corrected chi connectivity index (χ1v) is 6.26. The summed E-state index contributed by atoms with van der Waals surface area (Å²) in [6.45, 7) is 0.523. The SMILES string of the molecule is O=C(O)[C@H]1CCCN(C(=O)c2ccccc2[N+](=O)[O-])C1. The second-order valence-electron chi connectivity index (χ2n) is 4.70. The number of carboxylic acids is 1. The molecule has 0 radical (unpaired) electrons. The summed E-state index contributed by atoms with van der Waals surface area (Å²) in [6.07, 6.45) is 1.11. The van der Waals surface area contributed by atoms with Gasteiger partial charge in [-0.3, -0.25) is 19.7 Å². The highest BCUT2D eigenvalue weighted by atomic mass is 16.6. The number of nitro benzene ring substituents is 1. The fraction of sp³-hybridized carbons (Fsp3) is 0.385. The number of rotatable bonds is 3. The average Bonchev–Trinajstić information content (AvgIpc) is 2.46. The molecule has 7 heteroatoms. The van der Waals surface area contributed by atoms with Gasteiger partial charge in [-0.15, -0.1) is 0 Å². The Bertz CT molecular complexity index is 557. The number of hydrogen-bond acceptors (Lipinski definition) is 4. The van der Waals surface area contributed by atoms with Crippen molar-refractivity contribution in [2.45, 2.75) is 12.8 Å². The highest BCUT2D eigenvalue weighted by Gasteiger charge is 2.31. The summed E-state index contributed by atoms with van der Waals surface area (Å²) >= 11 is 0. The Kier molecular flexibility index (Phi) is 3.97. The van der Waals surface area contributed by atoms with Crippen molar-refractivity contribution in [1.82, 2.24) is 4.90 Å². The first-order valence-electron chi connectivity index (χ1n) is 6.26. The molecule has 1 atom stereocenters. The van der Waals surface area contributed by atoms with Crippen LogP contribution in [-0.4, -0.2) is 39.9 Å². The molecular formula is C13H14N2O5. The zero-order valence-electron chi connectivity index (χ0n) is 10.7. The number of amides is 1. The molecule has 1 amide bonds. The van der Waals surface area contributed by atoms with E-state index in [0.717, 1.165) is 0 Å². The molecule has 0 aliphatic carbocycles. The lowest BCUT2D eigenvalue weighted by atomic mass is 9.97. The zero-order chi connectivity index (χ0) is 14.7. The lowest BCUT2D eigenvalue weighted by Gasteiger charge is -2.30. The van der Waals surface area contributed by atoms with Crippen LogP contribution in [0.1, 0.15) is 23.2 Å². The summed E-state index contributed by atoms with van der Waals surface area (Å²) < 4.78 is 0. The minimum Gasteiger partial charge on any atom is -0.481 e. The van der Waals surface area contributed by atoms with E-state index in [1.165, 1.54) is 23.1 Å². The highest BCUT2D eigenvalue weighted by molar-refractivity contribution is 5.98. The largest absolute Gasteiger partial charge is 0.481 e. The van der Waals surface area contributed by atoms with Gasteiger partial charge in [0.2, 0.25) is 0 Å². The van der Waals surface area contributed by atoms with Gasteiger partial charge in [0, 0.05) is 19.2 Å². The van der Waals surface area contributed by atoms with Gasteiger partial charge in [0.15, 0.2) is 0 Å². The van der Waals surface area contributed by atoms with Crippen LogP contribution in [0.15, 0.2) is 24.3 Å². The summed E-state index contributed by atoms with van der Waals surface area (Å²) in [6, 6.07) is 5.71. The number of piperidine rings is 1. The fourth-order valence-corrected chi connectivity index (χ4v) is 2.35. The van der Waals surface area contributed by atoms with Crippen molar-refractivity contribution in [3.8, 4) is 0 Å². The summed E-state index contributed by atoms with van der Waals surface area (Å²) in [7, 11) is 0. The first kappa shape index (κ1) is 14.0. The molecule has 0 spiro atoms. The van der Waals surface area contributed by atoms with E-state index in [0.29, 0.717) is 19.4 Å². The summed E-state index contributed by atoms with van der Waals surface area (Å²) in [4.78, 5) is 35.0. The number of carbonyl (C=O) groups is 2. The van der Waals surface area contributed by atoms with Crippen molar-refractivity contribution < 1.29 is 19.6 Å². The van der Waals surface area contributed by atoms with E-state index in [2.05, 4.69) is 0 Å². The lowest BCUT2D eigenvalue weighted by molar-refractivity contribution is -0.385. The monoisotopic (exact) mass is 278 g/mol. The Balaban J connectivity index is 2.23. The van der Waals surface area contributed by atoms with Gasteiger partial charge in [0.25, 0.3) is 11.6 Å². The summed E-state index contributed by atoms with van der Waals surface area (Å²) in [5.41, 5.74) is -0.251. The van der Waals surface area contributed by atoms with Crippen molar-refractivity contribution in [2.75, 3.05) is 13.1 Å². The van der Waals surface area contributed by atoms with Gasteiger partial charge in [-0.25, -0.2) is 0 Å². The van der Waals surface area contributed by atoms with Crippen molar-refractivity contribution in [2.24, 2.45) is 5.92 Å². The summed E-state index contributed by atoms with van der Waals surface area (Å²) in [5.74, 6) is -2.02. The average molecular weight is 278 g/mol. The van der Waals surface area contributed by atoms with Crippen molar-refractivity contribution in [3.05, 3.63) is 39.9 Å². The van der Waals surface area contributed by atoms with E-state index in [1.807, 2.05) is 0 Å². The Morgan fingerprint density at radius 3 is 2.70 bits per heavy atom. The van der Waals surface area contributed by atoms with Gasteiger partial charge in [0.1, 0.15) is 5.56 Å². The van der Waals surface area contributed by atoms with Gasteiger partial charge in [-0.05, 0) is 18.9 Å². The number of para-hydroxylation sites is 1. The van der Waals surface area contributed by atoms with E-state index in [1.54, 1.807) is 6.07 Å². The number of hydrogen-bond donors (Lipinski definition) is 1. The molecule has 1 aliphatic rings. The molecule has 0 saturated carbocycles. The van der Waals surface area contributed by atoms with Gasteiger partial charge < -0.3 is 10.0 Å². The predicted octanol–water partition coefficient (Wildman–Crippen LogP) is 1.53. The molecule has 1 heterocycles.